The van der Waals surface area contributed by atoms with E-state index >= 15 is 0 Å². The Morgan fingerprint density at radius 1 is 1.00 bits per heavy atom. The molecule has 1 aliphatic rings. The van der Waals surface area contributed by atoms with Gasteiger partial charge in [-0.3, -0.25) is 0 Å². The van der Waals surface area contributed by atoms with Gasteiger partial charge in [0.2, 0.25) is 0 Å². The van der Waals surface area contributed by atoms with E-state index in [1.165, 1.54) is 64.2 Å². The molecule has 15 heavy (non-hydrogen) atoms. The van der Waals surface area contributed by atoms with Crippen LogP contribution in [0.4, 0.5) is 0 Å². The summed E-state index contributed by atoms with van der Waals surface area (Å²) in [5.74, 6) is 0.966. The first-order valence-corrected chi connectivity index (χ1v) is 7.22. The zero-order chi connectivity index (χ0) is 11.1. The van der Waals surface area contributed by atoms with Gasteiger partial charge in [0.25, 0.3) is 0 Å². The highest BCUT2D eigenvalue weighted by Crippen LogP contribution is 2.48. The van der Waals surface area contributed by atoms with E-state index in [4.69, 9.17) is 0 Å². The molecule has 0 radical (unpaired) electrons. The standard InChI is InChI=1S/C15H30/c1-4-8-14(3)9-6-11-15(10-5-2)12-7-13-15/h14H,4-13H2,1-3H3. The maximum atomic E-state index is 2.43. The average molecular weight is 210 g/mol. The minimum absolute atomic E-state index is 0.806. The topological polar surface area (TPSA) is 0 Å². The van der Waals surface area contributed by atoms with Crippen LogP contribution in [0, 0.1) is 11.3 Å². The van der Waals surface area contributed by atoms with Crippen molar-refractivity contribution < 1.29 is 0 Å². The SMILES string of the molecule is CCCC(C)CCCC1(CCC)CCC1. The third kappa shape index (κ3) is 4.17. The fourth-order valence-corrected chi connectivity index (χ4v) is 3.29. The molecule has 0 amide bonds. The Labute approximate surface area is 96.8 Å². The summed E-state index contributed by atoms with van der Waals surface area (Å²) in [4.78, 5) is 0. The lowest BCUT2D eigenvalue weighted by Crippen LogP contribution is -2.29. The van der Waals surface area contributed by atoms with Crippen molar-refractivity contribution >= 4 is 0 Å². The number of hydrogen-bond donors (Lipinski definition) is 0. The molecule has 0 spiro atoms. The van der Waals surface area contributed by atoms with Gasteiger partial charge in [-0.2, -0.15) is 0 Å². The van der Waals surface area contributed by atoms with E-state index in [-0.39, 0.29) is 0 Å². The monoisotopic (exact) mass is 210 g/mol. The lowest BCUT2D eigenvalue weighted by molar-refractivity contribution is 0.0990. The van der Waals surface area contributed by atoms with Gasteiger partial charge in [0.1, 0.15) is 0 Å². The van der Waals surface area contributed by atoms with E-state index in [0.29, 0.717) is 0 Å². The fraction of sp³-hybridized carbons (Fsp3) is 1.00. The van der Waals surface area contributed by atoms with Crippen LogP contribution in [-0.2, 0) is 0 Å². The second-order valence-corrected chi connectivity index (χ2v) is 5.89. The normalized spacial score (nSPS) is 21.0. The minimum Gasteiger partial charge on any atom is -0.0654 e. The minimum atomic E-state index is 0.806. The highest BCUT2D eigenvalue weighted by molar-refractivity contribution is 4.87. The predicted octanol–water partition coefficient (Wildman–Crippen LogP) is 5.56. The van der Waals surface area contributed by atoms with E-state index in [1.54, 1.807) is 0 Å². The molecule has 1 fully saturated rings. The van der Waals surface area contributed by atoms with Gasteiger partial charge < -0.3 is 0 Å². The molecule has 1 rings (SSSR count). The van der Waals surface area contributed by atoms with Gasteiger partial charge in [-0.25, -0.2) is 0 Å². The second-order valence-electron chi connectivity index (χ2n) is 5.89. The molecule has 0 N–H and O–H groups in total. The molecule has 1 atom stereocenters. The smallest absolute Gasteiger partial charge is 0.0298 e. The van der Waals surface area contributed by atoms with Crippen LogP contribution in [0.3, 0.4) is 0 Å². The third-order valence-electron chi connectivity index (χ3n) is 4.38. The summed E-state index contributed by atoms with van der Waals surface area (Å²) in [7, 11) is 0. The quantitative estimate of drug-likeness (QED) is 0.492. The molecule has 90 valence electrons. The predicted molar refractivity (Wildman–Crippen MR) is 69.1 cm³/mol. The van der Waals surface area contributed by atoms with E-state index in [2.05, 4.69) is 20.8 Å². The van der Waals surface area contributed by atoms with Gasteiger partial charge in [0.05, 0.1) is 0 Å². The first kappa shape index (κ1) is 13.1. The van der Waals surface area contributed by atoms with Crippen LogP contribution in [0.1, 0.15) is 85.0 Å². The summed E-state index contributed by atoms with van der Waals surface area (Å²) in [5.41, 5.74) is 0.806. The molecule has 1 unspecified atom stereocenters. The van der Waals surface area contributed by atoms with Crippen molar-refractivity contribution in [2.75, 3.05) is 0 Å². The van der Waals surface area contributed by atoms with Gasteiger partial charge >= 0.3 is 0 Å². The van der Waals surface area contributed by atoms with E-state index in [1.807, 2.05) is 0 Å². The fourth-order valence-electron chi connectivity index (χ4n) is 3.29. The molecule has 1 saturated carbocycles. The first-order valence-electron chi connectivity index (χ1n) is 7.22. The summed E-state index contributed by atoms with van der Waals surface area (Å²) in [6.45, 7) is 7.08. The summed E-state index contributed by atoms with van der Waals surface area (Å²) >= 11 is 0. The van der Waals surface area contributed by atoms with Crippen molar-refractivity contribution in [2.24, 2.45) is 11.3 Å². The van der Waals surface area contributed by atoms with E-state index < -0.39 is 0 Å². The maximum Gasteiger partial charge on any atom is -0.0298 e. The van der Waals surface area contributed by atoms with Crippen LogP contribution in [0.2, 0.25) is 0 Å². The molecule has 0 nitrogen and oxygen atoms in total. The van der Waals surface area contributed by atoms with Crippen molar-refractivity contribution in [3.05, 3.63) is 0 Å². The van der Waals surface area contributed by atoms with Crippen LogP contribution >= 0.6 is 0 Å². The highest BCUT2D eigenvalue weighted by atomic mass is 14.4. The Morgan fingerprint density at radius 3 is 2.20 bits per heavy atom. The second kappa shape index (κ2) is 6.55. The molecule has 0 bridgehead atoms. The molecule has 0 heterocycles. The van der Waals surface area contributed by atoms with E-state index in [0.717, 1.165) is 11.3 Å². The summed E-state index contributed by atoms with van der Waals surface area (Å²) in [6, 6.07) is 0. The Kier molecular flexibility index (Phi) is 5.71. The van der Waals surface area contributed by atoms with Gasteiger partial charge in [0, 0.05) is 0 Å². The van der Waals surface area contributed by atoms with Gasteiger partial charge in [0.15, 0.2) is 0 Å². The van der Waals surface area contributed by atoms with Crippen molar-refractivity contribution in [3.8, 4) is 0 Å². The molecular weight excluding hydrogens is 180 g/mol. The summed E-state index contributed by atoms with van der Waals surface area (Å²) in [6.07, 6.45) is 14.7. The Balaban J connectivity index is 2.12. The average Bonchev–Trinajstić information content (AvgIpc) is 2.14. The zero-order valence-corrected chi connectivity index (χ0v) is 11.1. The molecule has 0 aromatic carbocycles. The third-order valence-corrected chi connectivity index (χ3v) is 4.38. The van der Waals surface area contributed by atoms with Crippen molar-refractivity contribution in [1.82, 2.24) is 0 Å². The number of hydrogen-bond acceptors (Lipinski definition) is 0. The van der Waals surface area contributed by atoms with Crippen LogP contribution in [0.25, 0.3) is 0 Å². The maximum absolute atomic E-state index is 2.43. The van der Waals surface area contributed by atoms with Crippen LogP contribution < -0.4 is 0 Å². The van der Waals surface area contributed by atoms with Crippen LogP contribution in [-0.4, -0.2) is 0 Å². The lowest BCUT2D eigenvalue weighted by atomic mass is 9.63. The first-order chi connectivity index (χ1) is 7.22. The van der Waals surface area contributed by atoms with Gasteiger partial charge in [-0.15, -0.1) is 0 Å². The van der Waals surface area contributed by atoms with Crippen molar-refractivity contribution in [3.63, 3.8) is 0 Å². The molecular formula is C15H30. The Hall–Kier alpha value is 0. The van der Waals surface area contributed by atoms with Crippen LogP contribution in [0.15, 0.2) is 0 Å². The molecule has 0 aromatic rings. The van der Waals surface area contributed by atoms with Gasteiger partial charge in [-0.05, 0) is 37.0 Å². The number of rotatable bonds is 8. The summed E-state index contributed by atoms with van der Waals surface area (Å²) in [5, 5.41) is 0. The van der Waals surface area contributed by atoms with Gasteiger partial charge in [-0.1, -0.05) is 59.3 Å². The lowest BCUT2D eigenvalue weighted by Gasteiger charge is -2.42. The molecule has 0 aromatic heterocycles. The molecule has 0 heteroatoms. The van der Waals surface area contributed by atoms with Crippen molar-refractivity contribution in [2.45, 2.75) is 85.0 Å². The van der Waals surface area contributed by atoms with Crippen molar-refractivity contribution in [1.29, 1.82) is 0 Å². The van der Waals surface area contributed by atoms with Crippen LogP contribution in [0.5, 0.6) is 0 Å². The highest BCUT2D eigenvalue weighted by Gasteiger charge is 2.34. The Bertz CT molecular complexity index is 155. The Morgan fingerprint density at radius 2 is 1.73 bits per heavy atom. The summed E-state index contributed by atoms with van der Waals surface area (Å²) < 4.78 is 0. The molecule has 0 aliphatic heterocycles. The molecule has 0 saturated heterocycles. The largest absolute Gasteiger partial charge is 0.0654 e. The van der Waals surface area contributed by atoms with E-state index in [9.17, 15) is 0 Å². The zero-order valence-electron chi connectivity index (χ0n) is 11.1. The molecule has 1 aliphatic carbocycles.